The standard InChI is InChI=1S/C12H15N3O2S2/c1-13-11-5-2-7-14-12(11)19(16,17)15-8-6-10-4-3-9-18-10/h2-5,7,9,13,15H,6,8H2,1H3. The number of anilines is 1. The summed E-state index contributed by atoms with van der Waals surface area (Å²) < 4.78 is 26.8. The van der Waals surface area contributed by atoms with E-state index in [-0.39, 0.29) is 5.03 Å². The van der Waals surface area contributed by atoms with Crippen LogP contribution in [0.3, 0.4) is 0 Å². The molecule has 2 N–H and O–H groups in total. The number of nitrogens with one attached hydrogen (secondary N) is 2. The minimum atomic E-state index is -3.58. The fraction of sp³-hybridized carbons (Fsp3) is 0.250. The highest BCUT2D eigenvalue weighted by molar-refractivity contribution is 7.89. The second kappa shape index (κ2) is 6.14. The molecule has 0 aromatic carbocycles. The van der Waals surface area contributed by atoms with Gasteiger partial charge in [0, 0.05) is 24.7 Å². The maximum atomic E-state index is 12.1. The Morgan fingerprint density at radius 2 is 2.16 bits per heavy atom. The Hall–Kier alpha value is -1.44. The van der Waals surface area contributed by atoms with Crippen LogP contribution < -0.4 is 10.0 Å². The summed E-state index contributed by atoms with van der Waals surface area (Å²) in [5.41, 5.74) is 0.492. The Kier molecular flexibility index (Phi) is 4.52. The average Bonchev–Trinajstić information content (AvgIpc) is 2.91. The van der Waals surface area contributed by atoms with Crippen molar-refractivity contribution in [2.24, 2.45) is 0 Å². The SMILES string of the molecule is CNc1cccnc1S(=O)(=O)NCCc1cccs1. The van der Waals surface area contributed by atoms with E-state index in [4.69, 9.17) is 0 Å². The van der Waals surface area contributed by atoms with Crippen LogP contribution in [0.1, 0.15) is 4.88 Å². The third kappa shape index (κ3) is 3.52. The molecule has 0 bridgehead atoms. The van der Waals surface area contributed by atoms with Crippen LogP contribution >= 0.6 is 11.3 Å². The first-order valence-electron chi connectivity index (χ1n) is 5.78. The highest BCUT2D eigenvalue weighted by Gasteiger charge is 2.18. The molecular weight excluding hydrogens is 282 g/mol. The van der Waals surface area contributed by atoms with Gasteiger partial charge < -0.3 is 5.32 Å². The van der Waals surface area contributed by atoms with E-state index in [2.05, 4.69) is 15.0 Å². The summed E-state index contributed by atoms with van der Waals surface area (Å²) in [6, 6.07) is 7.31. The first-order chi connectivity index (χ1) is 9.13. The highest BCUT2D eigenvalue weighted by Crippen LogP contribution is 2.17. The maximum absolute atomic E-state index is 12.1. The monoisotopic (exact) mass is 297 g/mol. The van der Waals surface area contributed by atoms with Crippen LogP contribution in [0.4, 0.5) is 5.69 Å². The number of hydrogen-bond donors (Lipinski definition) is 2. The van der Waals surface area contributed by atoms with E-state index in [0.717, 1.165) is 4.88 Å². The zero-order valence-electron chi connectivity index (χ0n) is 10.5. The normalized spacial score (nSPS) is 11.4. The van der Waals surface area contributed by atoms with Crippen LogP contribution in [-0.2, 0) is 16.4 Å². The smallest absolute Gasteiger partial charge is 0.260 e. The summed E-state index contributed by atoms with van der Waals surface area (Å²) in [5.74, 6) is 0. The molecule has 102 valence electrons. The van der Waals surface area contributed by atoms with Crippen molar-refractivity contribution in [3.63, 3.8) is 0 Å². The zero-order chi connectivity index (χ0) is 13.7. The van der Waals surface area contributed by atoms with Crippen LogP contribution in [0.15, 0.2) is 40.9 Å². The first kappa shape index (κ1) is 14.0. The fourth-order valence-corrected chi connectivity index (χ4v) is 3.50. The lowest BCUT2D eigenvalue weighted by atomic mass is 10.3. The number of nitrogens with zero attached hydrogens (tertiary/aromatic N) is 1. The van der Waals surface area contributed by atoms with Gasteiger partial charge >= 0.3 is 0 Å². The summed E-state index contributed by atoms with van der Waals surface area (Å²) in [5, 5.41) is 4.83. The minimum absolute atomic E-state index is 0.0312. The van der Waals surface area contributed by atoms with E-state index in [1.165, 1.54) is 6.20 Å². The lowest BCUT2D eigenvalue weighted by Crippen LogP contribution is -2.27. The second-order valence-corrected chi connectivity index (χ2v) is 6.55. The van der Waals surface area contributed by atoms with Crippen LogP contribution in [-0.4, -0.2) is 27.0 Å². The third-order valence-electron chi connectivity index (χ3n) is 2.54. The molecule has 2 aromatic rings. The van der Waals surface area contributed by atoms with Crippen molar-refractivity contribution >= 4 is 27.0 Å². The molecule has 0 atom stereocenters. The summed E-state index contributed by atoms with van der Waals surface area (Å²) in [6.07, 6.45) is 2.15. The third-order valence-corrected chi connectivity index (χ3v) is 4.89. The van der Waals surface area contributed by atoms with Crippen molar-refractivity contribution in [1.82, 2.24) is 9.71 Å². The quantitative estimate of drug-likeness (QED) is 0.851. The second-order valence-electron chi connectivity index (χ2n) is 3.83. The average molecular weight is 297 g/mol. The molecule has 5 nitrogen and oxygen atoms in total. The van der Waals surface area contributed by atoms with Gasteiger partial charge in [-0.1, -0.05) is 6.07 Å². The number of aromatic nitrogens is 1. The van der Waals surface area contributed by atoms with Gasteiger partial charge in [0.05, 0.1) is 5.69 Å². The predicted octanol–water partition coefficient (Wildman–Crippen LogP) is 1.71. The highest BCUT2D eigenvalue weighted by atomic mass is 32.2. The fourth-order valence-electron chi connectivity index (χ4n) is 1.63. The molecule has 0 amide bonds. The van der Waals surface area contributed by atoms with Gasteiger partial charge in [0.25, 0.3) is 10.0 Å². The van der Waals surface area contributed by atoms with E-state index in [1.54, 1.807) is 30.5 Å². The number of thiophene rings is 1. The molecule has 0 aliphatic rings. The molecule has 0 spiro atoms. The van der Waals surface area contributed by atoms with Gasteiger partial charge in [-0.25, -0.2) is 18.1 Å². The molecular formula is C12H15N3O2S2. The van der Waals surface area contributed by atoms with Crippen molar-refractivity contribution in [1.29, 1.82) is 0 Å². The predicted molar refractivity (Wildman–Crippen MR) is 77.0 cm³/mol. The number of rotatable bonds is 6. The Morgan fingerprint density at radius 3 is 2.84 bits per heavy atom. The Balaban J connectivity index is 2.05. The van der Waals surface area contributed by atoms with Crippen LogP contribution in [0.5, 0.6) is 0 Å². The van der Waals surface area contributed by atoms with E-state index in [0.29, 0.717) is 18.7 Å². The molecule has 19 heavy (non-hydrogen) atoms. The number of sulfonamides is 1. The van der Waals surface area contributed by atoms with E-state index in [1.807, 2.05) is 17.5 Å². The van der Waals surface area contributed by atoms with Gasteiger partial charge in [0.1, 0.15) is 0 Å². The largest absolute Gasteiger partial charge is 0.386 e. The first-order valence-corrected chi connectivity index (χ1v) is 8.14. The Bertz CT molecular complexity index is 624. The molecule has 2 heterocycles. The van der Waals surface area contributed by atoms with Crippen molar-refractivity contribution in [2.45, 2.75) is 11.4 Å². The molecule has 0 unspecified atom stereocenters. The maximum Gasteiger partial charge on any atom is 0.260 e. The topological polar surface area (TPSA) is 71.1 Å². The molecule has 0 saturated heterocycles. The van der Waals surface area contributed by atoms with E-state index >= 15 is 0 Å². The molecule has 0 aliphatic heterocycles. The number of pyridine rings is 1. The van der Waals surface area contributed by atoms with Crippen molar-refractivity contribution in [3.8, 4) is 0 Å². The molecule has 2 rings (SSSR count). The van der Waals surface area contributed by atoms with Gasteiger partial charge in [-0.2, -0.15) is 0 Å². The summed E-state index contributed by atoms with van der Waals surface area (Å²) >= 11 is 1.61. The van der Waals surface area contributed by atoms with Gasteiger partial charge in [-0.05, 0) is 30.0 Å². The van der Waals surface area contributed by atoms with Gasteiger partial charge in [0.2, 0.25) is 0 Å². The van der Waals surface area contributed by atoms with Gasteiger partial charge in [0.15, 0.2) is 5.03 Å². The van der Waals surface area contributed by atoms with E-state index in [9.17, 15) is 8.42 Å². The molecule has 0 fully saturated rings. The lowest BCUT2D eigenvalue weighted by Gasteiger charge is -2.09. The van der Waals surface area contributed by atoms with Crippen LogP contribution in [0, 0.1) is 0 Å². The van der Waals surface area contributed by atoms with Gasteiger partial charge in [-0.3, -0.25) is 0 Å². The molecule has 0 aliphatic carbocycles. The summed E-state index contributed by atoms with van der Waals surface area (Å²) in [6.45, 7) is 0.364. The summed E-state index contributed by atoms with van der Waals surface area (Å²) in [4.78, 5) is 5.08. The van der Waals surface area contributed by atoms with Crippen molar-refractivity contribution in [2.75, 3.05) is 18.9 Å². The molecule has 2 aromatic heterocycles. The van der Waals surface area contributed by atoms with E-state index < -0.39 is 10.0 Å². The van der Waals surface area contributed by atoms with Crippen molar-refractivity contribution in [3.05, 3.63) is 40.7 Å². The van der Waals surface area contributed by atoms with Gasteiger partial charge in [-0.15, -0.1) is 11.3 Å². The Morgan fingerprint density at radius 1 is 1.32 bits per heavy atom. The zero-order valence-corrected chi connectivity index (χ0v) is 12.1. The minimum Gasteiger partial charge on any atom is -0.386 e. The van der Waals surface area contributed by atoms with Crippen LogP contribution in [0.2, 0.25) is 0 Å². The molecule has 7 heteroatoms. The lowest BCUT2D eigenvalue weighted by molar-refractivity contribution is 0.578. The molecule has 0 radical (unpaired) electrons. The number of hydrogen-bond acceptors (Lipinski definition) is 5. The molecule has 0 saturated carbocycles. The van der Waals surface area contributed by atoms with Crippen LogP contribution in [0.25, 0.3) is 0 Å². The summed E-state index contributed by atoms with van der Waals surface area (Å²) in [7, 11) is -1.91. The van der Waals surface area contributed by atoms with Crippen molar-refractivity contribution < 1.29 is 8.42 Å². The Labute approximate surface area is 116 Å².